The largest absolute Gasteiger partial charge is 0.0696 e. The summed E-state index contributed by atoms with van der Waals surface area (Å²) in [6, 6.07) is 29.7. The highest BCUT2D eigenvalue weighted by atomic mass is 14.2. The normalized spacial score (nSPS) is 16.3. The third-order valence-corrected chi connectivity index (χ3v) is 5.31. The van der Waals surface area contributed by atoms with Crippen LogP contribution < -0.4 is 0 Å². The Kier molecular flexibility index (Phi) is 5.51. The van der Waals surface area contributed by atoms with Crippen molar-refractivity contribution in [2.45, 2.75) is 31.6 Å². The van der Waals surface area contributed by atoms with Gasteiger partial charge >= 0.3 is 0 Å². The van der Waals surface area contributed by atoms with Crippen LogP contribution in [0.2, 0.25) is 0 Å². The summed E-state index contributed by atoms with van der Waals surface area (Å²) in [5, 5.41) is 0. The molecule has 0 amide bonds. The second-order valence-electron chi connectivity index (χ2n) is 7.23. The molecule has 0 heterocycles. The third-order valence-electron chi connectivity index (χ3n) is 5.31. The quantitative estimate of drug-likeness (QED) is 0.445. The molecule has 4 rings (SSSR count). The van der Waals surface area contributed by atoms with E-state index in [1.807, 2.05) is 30.3 Å². The Balaban J connectivity index is 1.38. The molecule has 1 aliphatic rings. The zero-order valence-electron chi connectivity index (χ0n) is 15.6. The van der Waals surface area contributed by atoms with Crippen LogP contribution in [0.4, 0.5) is 0 Å². The lowest BCUT2D eigenvalue weighted by Gasteiger charge is -2.24. The molecule has 0 atom stereocenters. The molecule has 27 heavy (non-hydrogen) atoms. The SMILES string of the molecule is C(#Cc1ccc(C2CCC(=Cc3ccccc3)CC2)cc1)c1ccccc1. The summed E-state index contributed by atoms with van der Waals surface area (Å²) < 4.78 is 0. The predicted octanol–water partition coefficient (Wildman–Crippen LogP) is 6.83. The molecular formula is C27H24. The number of allylic oxidation sites excluding steroid dienone is 1. The van der Waals surface area contributed by atoms with Gasteiger partial charge in [-0.15, -0.1) is 0 Å². The molecule has 3 aromatic carbocycles. The number of rotatable bonds is 2. The number of hydrogen-bond acceptors (Lipinski definition) is 0. The second kappa shape index (κ2) is 8.56. The van der Waals surface area contributed by atoms with Gasteiger partial charge in [-0.2, -0.15) is 0 Å². The first kappa shape index (κ1) is 17.4. The van der Waals surface area contributed by atoms with Gasteiger partial charge in [0.05, 0.1) is 0 Å². The van der Waals surface area contributed by atoms with Crippen LogP contribution in [0.25, 0.3) is 6.08 Å². The molecule has 132 valence electrons. The molecule has 0 heteroatoms. The van der Waals surface area contributed by atoms with Gasteiger partial charge in [0.2, 0.25) is 0 Å². The van der Waals surface area contributed by atoms with Crippen LogP contribution in [0.15, 0.2) is 90.5 Å². The average Bonchev–Trinajstić information content (AvgIpc) is 2.75. The summed E-state index contributed by atoms with van der Waals surface area (Å²) in [5.74, 6) is 7.17. The monoisotopic (exact) mass is 348 g/mol. The van der Waals surface area contributed by atoms with Gasteiger partial charge in [-0.3, -0.25) is 0 Å². The van der Waals surface area contributed by atoms with Crippen molar-refractivity contribution >= 4 is 6.08 Å². The summed E-state index contributed by atoms with van der Waals surface area (Å²) in [7, 11) is 0. The van der Waals surface area contributed by atoms with Crippen LogP contribution in [-0.4, -0.2) is 0 Å². The van der Waals surface area contributed by atoms with Gasteiger partial charge < -0.3 is 0 Å². The molecular weight excluding hydrogens is 324 g/mol. The van der Waals surface area contributed by atoms with Crippen LogP contribution in [0.1, 0.15) is 53.9 Å². The lowest BCUT2D eigenvalue weighted by molar-refractivity contribution is 0.519. The first-order valence-corrected chi connectivity index (χ1v) is 9.78. The van der Waals surface area contributed by atoms with Gasteiger partial charge in [0.15, 0.2) is 0 Å². The fourth-order valence-corrected chi connectivity index (χ4v) is 3.76. The van der Waals surface area contributed by atoms with Crippen molar-refractivity contribution < 1.29 is 0 Å². The van der Waals surface area contributed by atoms with E-state index >= 15 is 0 Å². The van der Waals surface area contributed by atoms with E-state index in [2.05, 4.69) is 72.5 Å². The second-order valence-corrected chi connectivity index (χ2v) is 7.23. The van der Waals surface area contributed by atoms with Gasteiger partial charge in [0.1, 0.15) is 0 Å². The Morgan fingerprint density at radius 2 is 1.19 bits per heavy atom. The smallest absolute Gasteiger partial charge is 0.0249 e. The summed E-state index contributed by atoms with van der Waals surface area (Å²) >= 11 is 0. The van der Waals surface area contributed by atoms with E-state index in [0.717, 1.165) is 11.1 Å². The summed E-state index contributed by atoms with van der Waals surface area (Å²) in [6.45, 7) is 0. The Morgan fingerprint density at radius 1 is 0.630 bits per heavy atom. The van der Waals surface area contributed by atoms with Gasteiger partial charge in [-0.25, -0.2) is 0 Å². The van der Waals surface area contributed by atoms with Crippen molar-refractivity contribution in [3.63, 3.8) is 0 Å². The standard InChI is InChI=1S/C27H24/c1-3-7-22(8-4-1)11-12-23-13-17-26(18-14-23)27-19-15-25(16-20-27)21-24-9-5-2-6-10-24/h1-10,13-14,17-18,21,27H,15-16,19-20H2. The zero-order chi connectivity index (χ0) is 18.3. The zero-order valence-corrected chi connectivity index (χ0v) is 15.6. The van der Waals surface area contributed by atoms with Gasteiger partial charge in [0, 0.05) is 11.1 Å². The molecule has 1 aliphatic carbocycles. The maximum Gasteiger partial charge on any atom is 0.0249 e. The minimum atomic E-state index is 0.675. The molecule has 0 radical (unpaired) electrons. The fraction of sp³-hybridized carbons (Fsp3) is 0.185. The Hall–Kier alpha value is -3.04. The van der Waals surface area contributed by atoms with Crippen LogP contribution in [0, 0.1) is 11.8 Å². The van der Waals surface area contributed by atoms with Crippen LogP contribution >= 0.6 is 0 Å². The van der Waals surface area contributed by atoms with E-state index in [9.17, 15) is 0 Å². The summed E-state index contributed by atoms with van der Waals surface area (Å²) in [5.41, 5.74) is 6.52. The Morgan fingerprint density at radius 3 is 1.81 bits per heavy atom. The van der Waals surface area contributed by atoms with E-state index in [0.29, 0.717) is 5.92 Å². The fourth-order valence-electron chi connectivity index (χ4n) is 3.76. The molecule has 0 saturated heterocycles. The van der Waals surface area contributed by atoms with E-state index in [-0.39, 0.29) is 0 Å². The molecule has 0 aromatic heterocycles. The first-order chi connectivity index (χ1) is 13.4. The highest BCUT2D eigenvalue weighted by molar-refractivity contribution is 5.53. The van der Waals surface area contributed by atoms with Crippen LogP contribution in [-0.2, 0) is 0 Å². The lowest BCUT2D eigenvalue weighted by atomic mass is 9.81. The molecule has 0 spiro atoms. The van der Waals surface area contributed by atoms with Crippen molar-refractivity contribution in [2.24, 2.45) is 0 Å². The highest BCUT2D eigenvalue weighted by Gasteiger charge is 2.18. The predicted molar refractivity (Wildman–Crippen MR) is 114 cm³/mol. The molecule has 1 fully saturated rings. The third kappa shape index (κ3) is 4.78. The van der Waals surface area contributed by atoms with Crippen LogP contribution in [0.5, 0.6) is 0 Å². The van der Waals surface area contributed by atoms with Gasteiger partial charge in [0.25, 0.3) is 0 Å². The Bertz CT molecular complexity index is 941. The molecule has 3 aromatic rings. The van der Waals surface area contributed by atoms with Crippen molar-refractivity contribution in [1.29, 1.82) is 0 Å². The molecule has 0 nitrogen and oxygen atoms in total. The van der Waals surface area contributed by atoms with E-state index in [1.165, 1.54) is 36.8 Å². The molecule has 0 unspecified atom stereocenters. The minimum Gasteiger partial charge on any atom is -0.0696 e. The summed E-state index contributed by atoms with van der Waals surface area (Å²) in [6.07, 6.45) is 7.27. The van der Waals surface area contributed by atoms with Crippen LogP contribution in [0.3, 0.4) is 0 Å². The van der Waals surface area contributed by atoms with Crippen molar-refractivity contribution in [3.05, 3.63) is 113 Å². The van der Waals surface area contributed by atoms with Gasteiger partial charge in [-0.05, 0) is 67.0 Å². The number of hydrogen-bond donors (Lipinski definition) is 0. The lowest BCUT2D eigenvalue weighted by Crippen LogP contribution is -2.06. The first-order valence-electron chi connectivity index (χ1n) is 9.78. The molecule has 1 saturated carbocycles. The van der Waals surface area contributed by atoms with Crippen molar-refractivity contribution in [3.8, 4) is 11.8 Å². The minimum absolute atomic E-state index is 0.675. The van der Waals surface area contributed by atoms with E-state index in [1.54, 1.807) is 5.57 Å². The average molecular weight is 348 g/mol. The highest BCUT2D eigenvalue weighted by Crippen LogP contribution is 2.36. The van der Waals surface area contributed by atoms with E-state index in [4.69, 9.17) is 0 Å². The van der Waals surface area contributed by atoms with Crippen molar-refractivity contribution in [2.75, 3.05) is 0 Å². The van der Waals surface area contributed by atoms with E-state index < -0.39 is 0 Å². The maximum absolute atomic E-state index is 3.27. The molecule has 0 N–H and O–H groups in total. The maximum atomic E-state index is 3.27. The molecule has 0 aliphatic heterocycles. The number of benzene rings is 3. The molecule has 0 bridgehead atoms. The van der Waals surface area contributed by atoms with Gasteiger partial charge in [-0.1, -0.05) is 84.2 Å². The Labute approximate surface area is 162 Å². The van der Waals surface area contributed by atoms with Crippen molar-refractivity contribution in [1.82, 2.24) is 0 Å². The topological polar surface area (TPSA) is 0 Å². The summed E-state index contributed by atoms with van der Waals surface area (Å²) in [4.78, 5) is 0.